The Hall–Kier alpha value is -3.42. The average molecular weight is 551 g/mol. The van der Waals surface area contributed by atoms with Gasteiger partial charge in [-0.25, -0.2) is 9.59 Å². The number of carbonyl (C=O) groups excluding carboxylic acids is 2. The smallest absolute Gasteiger partial charge is 0.408 e. The maximum absolute atomic E-state index is 12.4. The highest BCUT2D eigenvalue weighted by molar-refractivity contribution is 5.70. The van der Waals surface area contributed by atoms with Crippen LogP contribution in [0.4, 0.5) is 21.0 Å². The van der Waals surface area contributed by atoms with Gasteiger partial charge in [-0.1, -0.05) is 24.3 Å². The number of carbonyl (C=O) groups is 2. The number of alkyl carbamates (subject to hydrolysis) is 2. The van der Waals surface area contributed by atoms with Gasteiger partial charge in [-0.3, -0.25) is 0 Å². The number of rotatable bonds is 7. The summed E-state index contributed by atoms with van der Waals surface area (Å²) in [6.45, 7) is 12.8. The fourth-order valence-corrected chi connectivity index (χ4v) is 5.62. The van der Waals surface area contributed by atoms with Gasteiger partial charge in [-0.2, -0.15) is 0 Å². The lowest BCUT2D eigenvalue weighted by atomic mass is 9.86. The van der Waals surface area contributed by atoms with Crippen molar-refractivity contribution in [3.63, 3.8) is 0 Å². The van der Waals surface area contributed by atoms with Crippen LogP contribution in [0.3, 0.4) is 0 Å². The second-order valence-corrected chi connectivity index (χ2v) is 12.8. The molecule has 40 heavy (non-hydrogen) atoms. The molecule has 0 saturated heterocycles. The van der Waals surface area contributed by atoms with Crippen molar-refractivity contribution in [2.45, 2.75) is 103 Å². The van der Waals surface area contributed by atoms with E-state index in [0.717, 1.165) is 74.1 Å². The molecule has 2 aromatic rings. The molecule has 0 spiro atoms. The van der Waals surface area contributed by atoms with Gasteiger partial charge in [-0.05, 0) is 114 Å². The van der Waals surface area contributed by atoms with Crippen LogP contribution in [0, 0.1) is 0 Å². The summed E-state index contributed by atoms with van der Waals surface area (Å²) in [6.07, 6.45) is 5.05. The van der Waals surface area contributed by atoms with E-state index in [-0.39, 0.29) is 24.3 Å². The van der Waals surface area contributed by atoms with Crippen LogP contribution in [0.2, 0.25) is 0 Å². The number of hydrogen-bond acceptors (Lipinski definition) is 6. The third kappa shape index (κ3) is 8.05. The van der Waals surface area contributed by atoms with E-state index in [4.69, 9.17) is 9.47 Å². The average Bonchev–Trinajstić information content (AvgIpc) is 2.85. The van der Waals surface area contributed by atoms with Crippen LogP contribution in [-0.4, -0.2) is 36.5 Å². The van der Waals surface area contributed by atoms with Crippen molar-refractivity contribution in [1.82, 2.24) is 10.6 Å². The molecule has 0 fully saturated rings. The highest BCUT2D eigenvalue weighted by Gasteiger charge is 2.27. The molecule has 0 saturated carbocycles. The highest BCUT2D eigenvalue weighted by atomic mass is 16.6. The third-order valence-corrected chi connectivity index (χ3v) is 7.15. The minimum atomic E-state index is -0.522. The van der Waals surface area contributed by atoms with E-state index in [9.17, 15) is 9.59 Å². The Morgan fingerprint density at radius 2 is 1.10 bits per heavy atom. The molecule has 0 aromatic heterocycles. The fourth-order valence-electron chi connectivity index (χ4n) is 5.62. The summed E-state index contributed by atoms with van der Waals surface area (Å²) in [4.78, 5) is 24.8. The van der Waals surface area contributed by atoms with Gasteiger partial charge in [0.15, 0.2) is 0 Å². The molecule has 0 aliphatic heterocycles. The quantitative estimate of drug-likeness (QED) is 0.277. The van der Waals surface area contributed by atoms with Crippen LogP contribution < -0.4 is 21.3 Å². The van der Waals surface area contributed by atoms with E-state index in [2.05, 4.69) is 57.7 Å². The minimum Gasteiger partial charge on any atom is -0.444 e. The molecule has 0 radical (unpaired) electrons. The van der Waals surface area contributed by atoms with E-state index in [1.165, 1.54) is 11.1 Å². The topological polar surface area (TPSA) is 101 Å². The zero-order chi connectivity index (χ0) is 28.9. The summed E-state index contributed by atoms with van der Waals surface area (Å²) >= 11 is 0. The zero-order valence-electron chi connectivity index (χ0n) is 24.9. The van der Waals surface area contributed by atoms with Crippen LogP contribution >= 0.6 is 0 Å². The Balaban J connectivity index is 1.35. The van der Waals surface area contributed by atoms with Crippen LogP contribution in [0.5, 0.6) is 0 Å². The summed E-state index contributed by atoms with van der Waals surface area (Å²) in [5.41, 5.74) is 6.05. The SMILES string of the molecule is CC(C)(C)OC(=O)N[C@@H]1CCCc2c(NCCNc3cccc4c3CCC[C@H]4NC(=O)OC(C)(C)C)cccc21. The van der Waals surface area contributed by atoms with Crippen LogP contribution in [-0.2, 0) is 22.3 Å². The first kappa shape index (κ1) is 29.6. The lowest BCUT2D eigenvalue weighted by Crippen LogP contribution is -2.36. The molecule has 2 atom stereocenters. The molecule has 0 bridgehead atoms. The van der Waals surface area contributed by atoms with Gasteiger partial charge in [0.2, 0.25) is 0 Å². The maximum Gasteiger partial charge on any atom is 0.408 e. The van der Waals surface area contributed by atoms with Gasteiger partial charge in [0.25, 0.3) is 0 Å². The molecule has 218 valence electrons. The van der Waals surface area contributed by atoms with E-state index in [1.54, 1.807) is 0 Å². The van der Waals surface area contributed by atoms with Crippen LogP contribution in [0.25, 0.3) is 0 Å². The van der Waals surface area contributed by atoms with E-state index < -0.39 is 11.2 Å². The van der Waals surface area contributed by atoms with Crippen molar-refractivity contribution >= 4 is 23.6 Å². The highest BCUT2D eigenvalue weighted by Crippen LogP contribution is 2.36. The summed E-state index contributed by atoms with van der Waals surface area (Å²) in [5.74, 6) is 0. The summed E-state index contributed by atoms with van der Waals surface area (Å²) in [5, 5.41) is 13.4. The number of anilines is 2. The first-order valence-corrected chi connectivity index (χ1v) is 14.6. The standard InChI is InChI=1S/C32H46N4O4/c1-31(2,3)39-29(37)35-27-17-9-11-21-23(27)13-7-15-25(21)33-19-20-34-26-16-8-14-24-22(26)12-10-18-28(24)36-30(38)40-32(4,5)6/h7-8,13-16,27-28,33-34H,9-12,17-20H2,1-6H3,(H,35,37)(H,36,38)/t27-,28-/m1/s1. The monoisotopic (exact) mass is 550 g/mol. The van der Waals surface area contributed by atoms with Gasteiger partial charge in [-0.15, -0.1) is 0 Å². The molecule has 0 heterocycles. The number of nitrogens with one attached hydrogen (secondary N) is 4. The normalized spacial score (nSPS) is 18.6. The second kappa shape index (κ2) is 12.4. The Kier molecular flexibility index (Phi) is 9.16. The lowest BCUT2D eigenvalue weighted by molar-refractivity contribution is 0.0487. The van der Waals surface area contributed by atoms with E-state index in [1.807, 2.05) is 41.5 Å². The van der Waals surface area contributed by atoms with Gasteiger partial charge >= 0.3 is 12.2 Å². The first-order chi connectivity index (χ1) is 18.9. The van der Waals surface area contributed by atoms with Gasteiger partial charge in [0, 0.05) is 24.5 Å². The molecule has 4 N–H and O–H groups in total. The fraction of sp³-hybridized carbons (Fsp3) is 0.562. The lowest BCUT2D eigenvalue weighted by Gasteiger charge is -2.30. The number of fused-ring (bicyclic) bond motifs is 2. The van der Waals surface area contributed by atoms with E-state index >= 15 is 0 Å². The van der Waals surface area contributed by atoms with Crippen molar-refractivity contribution in [2.24, 2.45) is 0 Å². The zero-order valence-corrected chi connectivity index (χ0v) is 24.9. The van der Waals surface area contributed by atoms with Gasteiger partial charge in [0.1, 0.15) is 11.2 Å². The maximum atomic E-state index is 12.4. The van der Waals surface area contributed by atoms with Crippen molar-refractivity contribution < 1.29 is 19.1 Å². The molecule has 8 heteroatoms. The summed E-state index contributed by atoms with van der Waals surface area (Å²) in [7, 11) is 0. The van der Waals surface area contributed by atoms with Crippen molar-refractivity contribution in [1.29, 1.82) is 0 Å². The largest absolute Gasteiger partial charge is 0.444 e. The Labute approximate surface area is 239 Å². The Bertz CT molecular complexity index is 1100. The van der Waals surface area contributed by atoms with Crippen molar-refractivity contribution in [2.75, 3.05) is 23.7 Å². The van der Waals surface area contributed by atoms with Crippen molar-refractivity contribution in [3.8, 4) is 0 Å². The van der Waals surface area contributed by atoms with E-state index in [0.29, 0.717) is 0 Å². The van der Waals surface area contributed by atoms with Gasteiger partial charge < -0.3 is 30.7 Å². The molecule has 2 aliphatic carbocycles. The molecular weight excluding hydrogens is 504 g/mol. The van der Waals surface area contributed by atoms with Gasteiger partial charge in [0.05, 0.1) is 12.1 Å². The number of benzene rings is 2. The number of ether oxygens (including phenoxy) is 2. The minimum absolute atomic E-state index is 0.0449. The first-order valence-electron chi connectivity index (χ1n) is 14.6. The molecular formula is C32H46N4O4. The molecule has 2 aromatic carbocycles. The predicted octanol–water partition coefficient (Wildman–Crippen LogP) is 7.01. The van der Waals surface area contributed by atoms with Crippen LogP contribution in [0.15, 0.2) is 36.4 Å². The molecule has 4 rings (SSSR count). The number of amides is 2. The summed E-state index contributed by atoms with van der Waals surface area (Å²) in [6, 6.07) is 12.5. The second-order valence-electron chi connectivity index (χ2n) is 12.8. The Morgan fingerprint density at radius 1 is 0.700 bits per heavy atom. The Morgan fingerprint density at radius 3 is 1.48 bits per heavy atom. The molecule has 8 nitrogen and oxygen atoms in total. The van der Waals surface area contributed by atoms with Crippen LogP contribution in [0.1, 0.15) is 102 Å². The summed E-state index contributed by atoms with van der Waals surface area (Å²) < 4.78 is 11.0. The molecule has 2 amide bonds. The van der Waals surface area contributed by atoms with Crippen molar-refractivity contribution in [3.05, 3.63) is 58.7 Å². The molecule has 0 unspecified atom stereocenters. The third-order valence-electron chi connectivity index (χ3n) is 7.15. The predicted molar refractivity (Wildman–Crippen MR) is 160 cm³/mol. The molecule has 2 aliphatic rings. The number of hydrogen-bond donors (Lipinski definition) is 4.